The van der Waals surface area contributed by atoms with Gasteiger partial charge >= 0.3 is 0 Å². The maximum Gasteiger partial charge on any atom is 0.251 e. The molecule has 7 nitrogen and oxygen atoms in total. The van der Waals surface area contributed by atoms with Gasteiger partial charge in [-0.05, 0) is 53.3 Å². The van der Waals surface area contributed by atoms with Gasteiger partial charge in [0.1, 0.15) is 0 Å². The number of tetrazole rings is 1. The molecule has 0 saturated carbocycles. The van der Waals surface area contributed by atoms with E-state index in [1.54, 1.807) is 6.07 Å². The Labute approximate surface area is 209 Å². The maximum atomic E-state index is 13.0. The molecule has 0 fully saturated rings. The standard InChI is InChI=1S/C27H26N6O.ClH/c1-4-20-15-24-26(23(5-2)28-20)17(3)14-25(34)33(24)16-18-10-12-19(13-11-18)21-8-6-7-9-22(21)27-29-31-32-30-27;/h6-15H,4-5,16H2,1-3H3,(H,29,30,31,32);1H. The molecule has 0 saturated heterocycles. The second-order valence-corrected chi connectivity index (χ2v) is 8.39. The number of rotatable bonds is 6. The van der Waals surface area contributed by atoms with Crippen molar-refractivity contribution in [2.75, 3.05) is 0 Å². The van der Waals surface area contributed by atoms with Crippen molar-refractivity contribution >= 4 is 23.3 Å². The lowest BCUT2D eigenvalue weighted by Gasteiger charge is -2.16. The summed E-state index contributed by atoms with van der Waals surface area (Å²) in [5, 5.41) is 15.5. The van der Waals surface area contributed by atoms with Crippen molar-refractivity contribution in [2.24, 2.45) is 0 Å². The molecule has 0 amide bonds. The van der Waals surface area contributed by atoms with Crippen LogP contribution in [0.4, 0.5) is 0 Å². The Morgan fingerprint density at radius 2 is 1.69 bits per heavy atom. The highest BCUT2D eigenvalue weighted by Crippen LogP contribution is 2.30. The quantitative estimate of drug-likeness (QED) is 0.358. The van der Waals surface area contributed by atoms with Crippen LogP contribution >= 0.6 is 12.4 Å². The first-order valence-electron chi connectivity index (χ1n) is 11.5. The second-order valence-electron chi connectivity index (χ2n) is 8.39. The molecule has 178 valence electrons. The van der Waals surface area contributed by atoms with Crippen molar-refractivity contribution in [3.05, 3.63) is 93.5 Å². The van der Waals surface area contributed by atoms with E-state index in [4.69, 9.17) is 4.98 Å². The van der Waals surface area contributed by atoms with Crippen LogP contribution in [0.15, 0.2) is 65.5 Å². The van der Waals surface area contributed by atoms with E-state index >= 15 is 0 Å². The largest absolute Gasteiger partial charge is 0.304 e. The van der Waals surface area contributed by atoms with Crippen molar-refractivity contribution in [3.63, 3.8) is 0 Å². The number of nitrogens with one attached hydrogen (secondary N) is 1. The summed E-state index contributed by atoms with van der Waals surface area (Å²) in [4.78, 5) is 17.9. The molecule has 8 heteroatoms. The Morgan fingerprint density at radius 3 is 2.34 bits per heavy atom. The minimum atomic E-state index is 0. The van der Waals surface area contributed by atoms with Gasteiger partial charge in [0.2, 0.25) is 5.82 Å². The van der Waals surface area contributed by atoms with Gasteiger partial charge in [-0.25, -0.2) is 0 Å². The number of pyridine rings is 2. The second kappa shape index (κ2) is 10.2. The average molecular weight is 487 g/mol. The van der Waals surface area contributed by atoms with E-state index in [9.17, 15) is 4.79 Å². The highest BCUT2D eigenvalue weighted by atomic mass is 35.5. The number of hydrogen-bond acceptors (Lipinski definition) is 5. The number of nitrogens with zero attached hydrogens (tertiary/aromatic N) is 5. The molecule has 5 rings (SSSR count). The molecule has 0 bridgehead atoms. The van der Waals surface area contributed by atoms with Crippen molar-refractivity contribution in [2.45, 2.75) is 40.2 Å². The third kappa shape index (κ3) is 4.59. The Bertz CT molecular complexity index is 1520. The highest BCUT2D eigenvalue weighted by molar-refractivity contribution is 5.86. The van der Waals surface area contributed by atoms with Gasteiger partial charge in [0.15, 0.2) is 0 Å². The van der Waals surface area contributed by atoms with Crippen LogP contribution in [0.25, 0.3) is 33.4 Å². The number of aryl methyl sites for hydroxylation is 3. The molecule has 0 aliphatic carbocycles. The number of aromatic amines is 1. The number of fused-ring (bicyclic) bond motifs is 1. The molecule has 2 aromatic carbocycles. The van der Waals surface area contributed by atoms with Crippen LogP contribution in [0.3, 0.4) is 0 Å². The zero-order chi connectivity index (χ0) is 23.7. The van der Waals surface area contributed by atoms with E-state index in [0.717, 1.165) is 62.9 Å². The number of benzene rings is 2. The summed E-state index contributed by atoms with van der Waals surface area (Å²) in [7, 11) is 0. The zero-order valence-corrected chi connectivity index (χ0v) is 20.8. The Morgan fingerprint density at radius 1 is 0.943 bits per heavy atom. The fourth-order valence-corrected chi connectivity index (χ4v) is 4.51. The van der Waals surface area contributed by atoms with E-state index in [1.165, 1.54) is 0 Å². The van der Waals surface area contributed by atoms with Crippen LogP contribution in [0, 0.1) is 6.92 Å². The Balaban J connectivity index is 0.00000289. The van der Waals surface area contributed by atoms with Gasteiger partial charge < -0.3 is 4.57 Å². The topological polar surface area (TPSA) is 89.4 Å². The van der Waals surface area contributed by atoms with Crippen molar-refractivity contribution < 1.29 is 0 Å². The molecule has 3 heterocycles. The highest BCUT2D eigenvalue weighted by Gasteiger charge is 2.14. The van der Waals surface area contributed by atoms with Gasteiger partial charge in [0.25, 0.3) is 5.56 Å². The first kappa shape index (κ1) is 24.3. The number of hydrogen-bond donors (Lipinski definition) is 1. The molecule has 0 aliphatic rings. The average Bonchev–Trinajstić information content (AvgIpc) is 3.41. The fraction of sp³-hybridized carbons (Fsp3) is 0.222. The summed E-state index contributed by atoms with van der Waals surface area (Å²) in [6, 6.07) is 20.1. The molecule has 0 spiro atoms. The summed E-state index contributed by atoms with van der Waals surface area (Å²) < 4.78 is 1.87. The number of halogens is 1. The maximum absolute atomic E-state index is 13.0. The van der Waals surface area contributed by atoms with Crippen molar-refractivity contribution in [1.29, 1.82) is 0 Å². The Hall–Kier alpha value is -3.84. The summed E-state index contributed by atoms with van der Waals surface area (Å²) in [5.41, 5.74) is 8.06. The Kier molecular flexibility index (Phi) is 7.07. The molecule has 0 atom stereocenters. The molecule has 5 aromatic rings. The predicted molar refractivity (Wildman–Crippen MR) is 141 cm³/mol. The minimum absolute atomic E-state index is 0. The SMILES string of the molecule is CCc1cc2c(c(C)cc(=O)n2Cc2ccc(-c3ccccc3-c3nn[nH]n3)cc2)c(CC)n1.Cl. The fourth-order valence-electron chi connectivity index (χ4n) is 4.51. The van der Waals surface area contributed by atoms with Crippen LogP contribution in [0.2, 0.25) is 0 Å². The molecule has 0 unspecified atom stereocenters. The van der Waals surface area contributed by atoms with Crippen LogP contribution in [0.1, 0.15) is 36.4 Å². The van der Waals surface area contributed by atoms with Gasteiger partial charge in [-0.1, -0.05) is 62.4 Å². The zero-order valence-electron chi connectivity index (χ0n) is 19.9. The molecule has 35 heavy (non-hydrogen) atoms. The van der Waals surface area contributed by atoms with Gasteiger partial charge in [-0.3, -0.25) is 9.78 Å². The van der Waals surface area contributed by atoms with Crippen LogP contribution in [-0.4, -0.2) is 30.2 Å². The first-order valence-corrected chi connectivity index (χ1v) is 11.5. The lowest BCUT2D eigenvalue weighted by atomic mass is 9.98. The van der Waals surface area contributed by atoms with E-state index in [0.29, 0.717) is 12.4 Å². The van der Waals surface area contributed by atoms with Gasteiger partial charge in [-0.2, -0.15) is 5.21 Å². The van der Waals surface area contributed by atoms with Crippen LogP contribution in [-0.2, 0) is 19.4 Å². The van der Waals surface area contributed by atoms with Crippen LogP contribution in [0.5, 0.6) is 0 Å². The van der Waals surface area contributed by atoms with E-state index in [2.05, 4.69) is 64.8 Å². The molecular weight excluding hydrogens is 460 g/mol. The molecule has 0 radical (unpaired) electrons. The summed E-state index contributed by atoms with van der Waals surface area (Å²) in [5.74, 6) is 0.560. The molecule has 1 N–H and O–H groups in total. The lowest BCUT2D eigenvalue weighted by Crippen LogP contribution is -2.22. The third-order valence-corrected chi connectivity index (χ3v) is 6.23. The smallest absolute Gasteiger partial charge is 0.251 e. The lowest BCUT2D eigenvalue weighted by molar-refractivity contribution is 0.788. The third-order valence-electron chi connectivity index (χ3n) is 6.23. The van der Waals surface area contributed by atoms with E-state index in [1.807, 2.05) is 35.8 Å². The van der Waals surface area contributed by atoms with Gasteiger partial charge in [0.05, 0.1) is 12.1 Å². The summed E-state index contributed by atoms with van der Waals surface area (Å²) >= 11 is 0. The van der Waals surface area contributed by atoms with Gasteiger partial charge in [-0.15, -0.1) is 22.6 Å². The minimum Gasteiger partial charge on any atom is -0.304 e. The first-order chi connectivity index (χ1) is 16.6. The number of H-pyrrole nitrogens is 1. The van der Waals surface area contributed by atoms with Crippen molar-refractivity contribution in [3.8, 4) is 22.5 Å². The monoisotopic (exact) mass is 486 g/mol. The summed E-state index contributed by atoms with van der Waals surface area (Å²) in [6.07, 6.45) is 1.66. The normalized spacial score (nSPS) is 10.9. The van der Waals surface area contributed by atoms with E-state index < -0.39 is 0 Å². The molecule has 3 aromatic heterocycles. The molecule has 0 aliphatic heterocycles. The van der Waals surface area contributed by atoms with Crippen molar-refractivity contribution in [1.82, 2.24) is 30.2 Å². The van der Waals surface area contributed by atoms with Gasteiger partial charge in [0, 0.05) is 28.4 Å². The predicted octanol–water partition coefficient (Wildman–Crippen LogP) is 5.15. The summed E-state index contributed by atoms with van der Waals surface area (Å²) in [6.45, 7) is 6.70. The van der Waals surface area contributed by atoms with E-state index in [-0.39, 0.29) is 18.0 Å². The number of aromatic nitrogens is 6. The molecular formula is C27H27ClN6O. The van der Waals surface area contributed by atoms with Crippen LogP contribution < -0.4 is 5.56 Å².